The number of rotatable bonds is 1. The largest absolute Gasteiger partial charge is 0.433 e. The van der Waals surface area contributed by atoms with E-state index in [9.17, 15) is 13.2 Å². The fourth-order valence-corrected chi connectivity index (χ4v) is 2.00. The molecule has 2 rings (SSSR count). The van der Waals surface area contributed by atoms with Crippen LogP contribution in [0, 0.1) is 0 Å². The zero-order valence-corrected chi connectivity index (χ0v) is 9.38. The van der Waals surface area contributed by atoms with E-state index in [4.69, 9.17) is 5.73 Å². The lowest BCUT2D eigenvalue weighted by atomic mass is 9.96. The monoisotopic (exact) mass is 261 g/mol. The Hall–Kier alpha value is -1.30. The van der Waals surface area contributed by atoms with Gasteiger partial charge in [0.1, 0.15) is 5.69 Å². The maximum absolute atomic E-state index is 12.5. The molecular weight excluding hydrogens is 243 g/mol. The number of nitrogens with one attached hydrogen (secondary N) is 1. The third-order valence-corrected chi connectivity index (χ3v) is 2.96. The van der Waals surface area contributed by atoms with Crippen LogP contribution in [-0.2, 0) is 6.18 Å². The molecule has 0 saturated carbocycles. The second kappa shape index (κ2) is 5.14. The third-order valence-electron chi connectivity index (χ3n) is 2.96. The summed E-state index contributed by atoms with van der Waals surface area (Å²) in [5, 5.41) is 3.15. The summed E-state index contributed by atoms with van der Waals surface area (Å²) in [7, 11) is 0. The van der Waals surface area contributed by atoms with E-state index in [1.54, 1.807) is 0 Å². The summed E-state index contributed by atoms with van der Waals surface area (Å²) in [6.07, 6.45) is -2.93. The van der Waals surface area contributed by atoms with Gasteiger partial charge in [0.05, 0.1) is 17.4 Å². The molecule has 1 aliphatic rings. The lowest BCUT2D eigenvalue weighted by Gasteiger charge is -2.30. The Balaban J connectivity index is 0.00000162. The van der Waals surface area contributed by atoms with Gasteiger partial charge >= 0.3 is 6.18 Å². The Morgan fingerprint density at radius 3 is 2.67 bits per heavy atom. The molecule has 2 unspecified atom stereocenters. The van der Waals surface area contributed by atoms with Gasteiger partial charge in [-0.1, -0.05) is 14.4 Å². The predicted molar refractivity (Wildman–Crippen MR) is 65.2 cm³/mol. The molecule has 3 N–H and O–H groups in total. The molecule has 2 heterocycles. The van der Waals surface area contributed by atoms with Gasteiger partial charge in [-0.25, -0.2) is 4.98 Å². The number of nitrogens with zero attached hydrogens (tertiary/aromatic N) is 1. The number of hydrogen-bond donors (Lipinski definition) is 2. The molecule has 1 aromatic rings. The summed E-state index contributed by atoms with van der Waals surface area (Å²) < 4.78 is 37.5. The number of aromatic nitrogens is 1. The summed E-state index contributed by atoms with van der Waals surface area (Å²) >= 11 is 0. The minimum absolute atomic E-state index is 0. The van der Waals surface area contributed by atoms with E-state index in [-0.39, 0.29) is 13.5 Å². The highest BCUT2D eigenvalue weighted by atomic mass is 19.4. The first-order valence-corrected chi connectivity index (χ1v) is 5.52. The fourth-order valence-electron chi connectivity index (χ4n) is 2.00. The Morgan fingerprint density at radius 1 is 1.44 bits per heavy atom. The van der Waals surface area contributed by atoms with Gasteiger partial charge in [0.25, 0.3) is 0 Å². The maximum atomic E-state index is 12.5. The van der Waals surface area contributed by atoms with Gasteiger partial charge in [-0.15, -0.1) is 0 Å². The number of anilines is 1. The molecule has 0 bridgehead atoms. The van der Waals surface area contributed by atoms with E-state index in [0.717, 1.165) is 12.5 Å². The van der Waals surface area contributed by atoms with Gasteiger partial charge in [-0.3, -0.25) is 0 Å². The van der Waals surface area contributed by atoms with Crippen molar-refractivity contribution < 1.29 is 13.2 Å². The molecule has 0 fully saturated rings. The van der Waals surface area contributed by atoms with Gasteiger partial charge in [-0.2, -0.15) is 13.2 Å². The van der Waals surface area contributed by atoms with Crippen LogP contribution < -0.4 is 11.1 Å². The van der Waals surface area contributed by atoms with Crippen LogP contribution in [0.4, 0.5) is 18.9 Å². The molecule has 0 spiro atoms. The van der Waals surface area contributed by atoms with E-state index >= 15 is 0 Å². The van der Waals surface area contributed by atoms with Gasteiger partial charge in [0, 0.05) is 6.04 Å². The van der Waals surface area contributed by atoms with Gasteiger partial charge in [0.2, 0.25) is 0 Å². The summed E-state index contributed by atoms with van der Waals surface area (Å²) in [6.45, 7) is 2.01. The second-order valence-corrected chi connectivity index (χ2v) is 4.22. The van der Waals surface area contributed by atoms with Crippen molar-refractivity contribution in [2.75, 3.05) is 5.32 Å². The Labute approximate surface area is 105 Å². The Morgan fingerprint density at radius 2 is 2.11 bits per heavy atom. The van der Waals surface area contributed by atoms with Gasteiger partial charge < -0.3 is 11.1 Å². The summed E-state index contributed by atoms with van der Waals surface area (Å²) in [4.78, 5) is 3.62. The van der Waals surface area contributed by atoms with Crippen molar-refractivity contribution >= 4 is 5.69 Å². The highest BCUT2D eigenvalue weighted by molar-refractivity contribution is 5.53. The Bertz CT molecular complexity index is 418. The van der Waals surface area contributed by atoms with Crippen molar-refractivity contribution in [3.05, 3.63) is 23.5 Å². The summed E-state index contributed by atoms with van der Waals surface area (Å²) in [5.74, 6) is 0. The molecule has 0 radical (unpaired) electrons. The van der Waals surface area contributed by atoms with Crippen molar-refractivity contribution in [1.29, 1.82) is 0 Å². The van der Waals surface area contributed by atoms with Crippen LogP contribution in [0.1, 0.15) is 44.6 Å². The maximum Gasteiger partial charge on any atom is 0.433 e. The number of nitrogens with two attached hydrogens (primary N) is 1. The van der Waals surface area contributed by atoms with E-state index in [0.29, 0.717) is 17.8 Å². The average molecular weight is 261 g/mol. The number of halogens is 3. The Kier molecular flexibility index (Phi) is 4.21. The standard InChI is InChI=1S/C11H14F3N3.CH4/c1-2-6-5-7(15)10-8(16-6)3-4-9(17-10)11(12,13)14;/h3-4,6-7,16H,2,5,15H2,1H3;1H4. The van der Waals surface area contributed by atoms with E-state index in [1.807, 2.05) is 6.92 Å². The van der Waals surface area contributed by atoms with Crippen molar-refractivity contribution in [2.24, 2.45) is 5.73 Å². The molecule has 0 aromatic carbocycles. The molecule has 0 saturated heterocycles. The van der Waals surface area contributed by atoms with Crippen LogP contribution in [0.2, 0.25) is 0 Å². The number of hydrogen-bond acceptors (Lipinski definition) is 3. The first kappa shape index (κ1) is 14.8. The van der Waals surface area contributed by atoms with Crippen LogP contribution in [0.3, 0.4) is 0 Å². The van der Waals surface area contributed by atoms with Gasteiger partial charge in [-0.05, 0) is 25.0 Å². The molecule has 18 heavy (non-hydrogen) atoms. The van der Waals surface area contributed by atoms with Crippen molar-refractivity contribution in [3.63, 3.8) is 0 Å². The van der Waals surface area contributed by atoms with Crippen molar-refractivity contribution in [3.8, 4) is 0 Å². The smallest absolute Gasteiger partial charge is 0.381 e. The number of fused-ring (bicyclic) bond motifs is 1. The van der Waals surface area contributed by atoms with Crippen LogP contribution >= 0.6 is 0 Å². The normalized spacial score (nSPS) is 22.7. The van der Waals surface area contributed by atoms with Crippen LogP contribution in [0.25, 0.3) is 0 Å². The third kappa shape index (κ3) is 2.75. The van der Waals surface area contributed by atoms with Crippen LogP contribution in [0.5, 0.6) is 0 Å². The highest BCUT2D eigenvalue weighted by Crippen LogP contribution is 2.34. The zero-order chi connectivity index (χ0) is 12.6. The molecule has 2 atom stereocenters. The lowest BCUT2D eigenvalue weighted by Crippen LogP contribution is -2.32. The van der Waals surface area contributed by atoms with E-state index in [1.165, 1.54) is 6.07 Å². The van der Waals surface area contributed by atoms with Gasteiger partial charge in [0.15, 0.2) is 0 Å². The molecule has 0 aliphatic carbocycles. The highest BCUT2D eigenvalue weighted by Gasteiger charge is 2.34. The average Bonchev–Trinajstić information content (AvgIpc) is 2.27. The predicted octanol–water partition coefficient (Wildman–Crippen LogP) is 3.33. The molecule has 6 heteroatoms. The first-order chi connectivity index (χ1) is 7.91. The molecule has 0 amide bonds. The fraction of sp³-hybridized carbons (Fsp3) is 0.583. The van der Waals surface area contributed by atoms with Crippen molar-refractivity contribution in [2.45, 2.75) is 45.5 Å². The summed E-state index contributed by atoms with van der Waals surface area (Å²) in [5.41, 5.74) is 5.89. The lowest BCUT2D eigenvalue weighted by molar-refractivity contribution is -0.141. The quantitative estimate of drug-likeness (QED) is 0.815. The van der Waals surface area contributed by atoms with E-state index in [2.05, 4.69) is 10.3 Å². The number of alkyl halides is 3. The van der Waals surface area contributed by atoms with Crippen LogP contribution in [-0.4, -0.2) is 11.0 Å². The molecule has 1 aliphatic heterocycles. The molecule has 3 nitrogen and oxygen atoms in total. The SMILES string of the molecule is C.CCC1CC(N)c2nc(C(F)(F)F)ccc2N1. The zero-order valence-electron chi connectivity index (χ0n) is 9.38. The number of pyridine rings is 1. The van der Waals surface area contributed by atoms with Crippen LogP contribution in [0.15, 0.2) is 12.1 Å². The van der Waals surface area contributed by atoms with E-state index < -0.39 is 17.9 Å². The molecule has 102 valence electrons. The first-order valence-electron chi connectivity index (χ1n) is 5.52. The molecule has 1 aromatic heterocycles. The minimum atomic E-state index is -4.42. The minimum Gasteiger partial charge on any atom is -0.381 e. The molecular formula is C12H18F3N3. The topological polar surface area (TPSA) is 50.9 Å². The second-order valence-electron chi connectivity index (χ2n) is 4.22. The summed E-state index contributed by atoms with van der Waals surface area (Å²) in [6, 6.07) is 2.17. The van der Waals surface area contributed by atoms with Crippen molar-refractivity contribution in [1.82, 2.24) is 4.98 Å².